The lowest BCUT2D eigenvalue weighted by Gasteiger charge is -2.10. The number of hydrogen-bond acceptors (Lipinski definition) is 4. The Morgan fingerprint density at radius 2 is 2.27 bits per heavy atom. The maximum atomic E-state index is 10.9. The molecule has 0 fully saturated rings. The standard InChI is InChI=1S/C10H17NO3S/c1-9(10-5-3-7-14-10)11-6-4-8-15(2,12)13/h3,5,7,9,11H,4,6,8H2,1-2H3/t9-/m0/s1. The second kappa shape index (κ2) is 5.32. The fourth-order valence-electron chi connectivity index (χ4n) is 1.29. The molecular weight excluding hydrogens is 214 g/mol. The number of sulfone groups is 1. The van der Waals surface area contributed by atoms with Gasteiger partial charge in [-0.25, -0.2) is 8.42 Å². The average molecular weight is 231 g/mol. The molecule has 0 unspecified atom stereocenters. The molecule has 1 rings (SSSR count). The third-order valence-corrected chi connectivity index (χ3v) is 3.14. The molecule has 0 amide bonds. The van der Waals surface area contributed by atoms with Crippen LogP contribution in [0.4, 0.5) is 0 Å². The first-order chi connectivity index (χ1) is 6.99. The third-order valence-electron chi connectivity index (χ3n) is 2.11. The summed E-state index contributed by atoms with van der Waals surface area (Å²) in [6, 6.07) is 3.86. The fraction of sp³-hybridized carbons (Fsp3) is 0.600. The summed E-state index contributed by atoms with van der Waals surface area (Å²) < 4.78 is 26.9. The van der Waals surface area contributed by atoms with Crippen LogP contribution in [0.2, 0.25) is 0 Å². The van der Waals surface area contributed by atoms with Crippen LogP contribution in [-0.2, 0) is 9.84 Å². The highest BCUT2D eigenvalue weighted by molar-refractivity contribution is 7.90. The monoisotopic (exact) mass is 231 g/mol. The Morgan fingerprint density at radius 1 is 1.53 bits per heavy atom. The maximum absolute atomic E-state index is 10.9. The van der Waals surface area contributed by atoms with E-state index in [4.69, 9.17) is 4.42 Å². The van der Waals surface area contributed by atoms with E-state index in [1.54, 1.807) is 6.26 Å². The largest absolute Gasteiger partial charge is 0.468 e. The topological polar surface area (TPSA) is 59.3 Å². The van der Waals surface area contributed by atoms with Gasteiger partial charge in [-0.3, -0.25) is 0 Å². The molecule has 1 aromatic rings. The molecule has 86 valence electrons. The van der Waals surface area contributed by atoms with E-state index in [1.807, 2.05) is 19.1 Å². The van der Waals surface area contributed by atoms with Crippen LogP contribution < -0.4 is 5.32 Å². The van der Waals surface area contributed by atoms with E-state index in [2.05, 4.69) is 5.32 Å². The highest BCUT2D eigenvalue weighted by Gasteiger charge is 2.07. The minimum Gasteiger partial charge on any atom is -0.468 e. The van der Waals surface area contributed by atoms with Gasteiger partial charge in [0.25, 0.3) is 0 Å². The average Bonchev–Trinajstić information content (AvgIpc) is 2.63. The van der Waals surface area contributed by atoms with Crippen molar-refractivity contribution in [2.45, 2.75) is 19.4 Å². The maximum Gasteiger partial charge on any atom is 0.147 e. The Hall–Kier alpha value is -0.810. The third kappa shape index (κ3) is 4.99. The molecular formula is C10H17NO3S. The summed E-state index contributed by atoms with van der Waals surface area (Å²) in [4.78, 5) is 0. The van der Waals surface area contributed by atoms with Gasteiger partial charge < -0.3 is 9.73 Å². The first kappa shape index (κ1) is 12.3. The quantitative estimate of drug-likeness (QED) is 0.751. The summed E-state index contributed by atoms with van der Waals surface area (Å²) in [6.45, 7) is 2.66. The first-order valence-corrected chi connectivity index (χ1v) is 6.99. The summed E-state index contributed by atoms with van der Waals surface area (Å²) in [5, 5.41) is 3.20. The molecule has 15 heavy (non-hydrogen) atoms. The van der Waals surface area contributed by atoms with Crippen molar-refractivity contribution in [1.82, 2.24) is 5.32 Å². The zero-order chi connectivity index (χ0) is 11.3. The Labute approximate surface area is 90.6 Å². The zero-order valence-corrected chi connectivity index (χ0v) is 9.88. The van der Waals surface area contributed by atoms with E-state index < -0.39 is 9.84 Å². The van der Waals surface area contributed by atoms with Crippen molar-refractivity contribution in [3.05, 3.63) is 24.2 Å². The fourth-order valence-corrected chi connectivity index (χ4v) is 1.96. The molecule has 1 N–H and O–H groups in total. The predicted molar refractivity (Wildman–Crippen MR) is 59.5 cm³/mol. The van der Waals surface area contributed by atoms with Gasteiger partial charge >= 0.3 is 0 Å². The molecule has 0 aliphatic rings. The van der Waals surface area contributed by atoms with E-state index >= 15 is 0 Å². The molecule has 0 spiro atoms. The SMILES string of the molecule is C[C@H](NCCCS(C)(=O)=O)c1ccco1. The lowest BCUT2D eigenvalue weighted by Crippen LogP contribution is -2.21. The van der Waals surface area contributed by atoms with Crippen LogP contribution >= 0.6 is 0 Å². The van der Waals surface area contributed by atoms with Crippen LogP contribution in [0, 0.1) is 0 Å². The van der Waals surface area contributed by atoms with Crippen LogP contribution in [0.15, 0.2) is 22.8 Å². The predicted octanol–water partition coefficient (Wildman–Crippen LogP) is 1.36. The minimum atomic E-state index is -2.84. The molecule has 0 saturated carbocycles. The number of nitrogens with one attached hydrogen (secondary N) is 1. The summed E-state index contributed by atoms with van der Waals surface area (Å²) in [6.07, 6.45) is 3.51. The number of rotatable bonds is 6. The molecule has 0 radical (unpaired) electrons. The summed E-state index contributed by atoms with van der Waals surface area (Å²) in [7, 11) is -2.84. The van der Waals surface area contributed by atoms with Gasteiger partial charge in [0.1, 0.15) is 15.6 Å². The van der Waals surface area contributed by atoms with Gasteiger partial charge in [-0.15, -0.1) is 0 Å². The molecule has 1 heterocycles. The van der Waals surface area contributed by atoms with Crippen LogP contribution in [0.3, 0.4) is 0 Å². The normalized spacial score (nSPS) is 14.0. The first-order valence-electron chi connectivity index (χ1n) is 4.93. The van der Waals surface area contributed by atoms with Crippen LogP contribution in [0.25, 0.3) is 0 Å². The van der Waals surface area contributed by atoms with Crippen molar-refractivity contribution in [1.29, 1.82) is 0 Å². The van der Waals surface area contributed by atoms with Crippen molar-refractivity contribution < 1.29 is 12.8 Å². The van der Waals surface area contributed by atoms with Crippen molar-refractivity contribution in [3.8, 4) is 0 Å². The number of hydrogen-bond donors (Lipinski definition) is 1. The Bertz CT molecular complexity index is 369. The summed E-state index contributed by atoms with van der Waals surface area (Å²) in [5.74, 6) is 1.10. The van der Waals surface area contributed by atoms with E-state index in [0.717, 1.165) is 5.76 Å². The Balaban J connectivity index is 2.21. The van der Waals surface area contributed by atoms with Gasteiger partial charge in [0.05, 0.1) is 18.1 Å². The molecule has 0 aliphatic carbocycles. The lowest BCUT2D eigenvalue weighted by molar-refractivity contribution is 0.431. The smallest absolute Gasteiger partial charge is 0.147 e. The molecule has 1 aromatic heterocycles. The van der Waals surface area contributed by atoms with E-state index in [1.165, 1.54) is 6.26 Å². The summed E-state index contributed by atoms with van der Waals surface area (Å²) >= 11 is 0. The molecule has 1 atom stereocenters. The van der Waals surface area contributed by atoms with Gasteiger partial charge in [-0.1, -0.05) is 0 Å². The van der Waals surface area contributed by atoms with Crippen LogP contribution in [-0.4, -0.2) is 27.0 Å². The van der Waals surface area contributed by atoms with E-state index in [-0.39, 0.29) is 11.8 Å². The molecule has 0 aromatic carbocycles. The van der Waals surface area contributed by atoms with Gasteiger partial charge in [0.2, 0.25) is 0 Å². The molecule has 4 nitrogen and oxygen atoms in total. The molecule has 0 saturated heterocycles. The Morgan fingerprint density at radius 3 is 2.80 bits per heavy atom. The minimum absolute atomic E-state index is 0.125. The zero-order valence-electron chi connectivity index (χ0n) is 9.06. The lowest BCUT2D eigenvalue weighted by atomic mass is 10.2. The van der Waals surface area contributed by atoms with Gasteiger partial charge in [0, 0.05) is 6.26 Å². The van der Waals surface area contributed by atoms with Gasteiger partial charge in [-0.2, -0.15) is 0 Å². The molecule has 0 bridgehead atoms. The molecule has 5 heteroatoms. The van der Waals surface area contributed by atoms with Crippen molar-refractivity contribution in [3.63, 3.8) is 0 Å². The van der Waals surface area contributed by atoms with Gasteiger partial charge in [-0.05, 0) is 32.0 Å². The van der Waals surface area contributed by atoms with E-state index in [0.29, 0.717) is 13.0 Å². The number of furan rings is 1. The highest BCUT2D eigenvalue weighted by Crippen LogP contribution is 2.11. The Kier molecular flexibility index (Phi) is 4.35. The summed E-state index contributed by atoms with van der Waals surface area (Å²) in [5.41, 5.74) is 0. The van der Waals surface area contributed by atoms with Crippen LogP contribution in [0.1, 0.15) is 25.1 Å². The van der Waals surface area contributed by atoms with Crippen molar-refractivity contribution in [2.75, 3.05) is 18.6 Å². The van der Waals surface area contributed by atoms with Crippen LogP contribution in [0.5, 0.6) is 0 Å². The second-order valence-corrected chi connectivity index (χ2v) is 5.93. The highest BCUT2D eigenvalue weighted by atomic mass is 32.2. The van der Waals surface area contributed by atoms with Crippen molar-refractivity contribution >= 4 is 9.84 Å². The second-order valence-electron chi connectivity index (χ2n) is 3.67. The van der Waals surface area contributed by atoms with Crippen molar-refractivity contribution in [2.24, 2.45) is 0 Å². The molecule has 0 aliphatic heterocycles. The van der Waals surface area contributed by atoms with Gasteiger partial charge in [0.15, 0.2) is 0 Å². The van der Waals surface area contributed by atoms with E-state index in [9.17, 15) is 8.42 Å².